The van der Waals surface area contributed by atoms with Crippen molar-refractivity contribution < 1.29 is 38.9 Å². The Morgan fingerprint density at radius 3 is 2.18 bits per heavy atom. The molecule has 1 aliphatic rings. The number of ether oxygens (including phenoxy) is 2. The molecule has 51 heavy (non-hydrogen) atoms. The Morgan fingerprint density at radius 1 is 0.961 bits per heavy atom. The van der Waals surface area contributed by atoms with Crippen LogP contribution in [0, 0.1) is 12.3 Å². The highest BCUT2D eigenvalue weighted by Gasteiger charge is 2.44. The van der Waals surface area contributed by atoms with E-state index < -0.39 is 41.4 Å². The van der Waals surface area contributed by atoms with Gasteiger partial charge in [-0.15, -0.1) is 11.3 Å². The quantitative estimate of drug-likeness (QED) is 0.147. The van der Waals surface area contributed by atoms with Crippen molar-refractivity contribution in [2.24, 2.45) is 5.41 Å². The van der Waals surface area contributed by atoms with Crippen molar-refractivity contribution in [1.29, 1.82) is 0 Å². The van der Waals surface area contributed by atoms with Crippen LogP contribution in [-0.2, 0) is 32.1 Å². The minimum Gasteiger partial charge on any atom is -0.478 e. The summed E-state index contributed by atoms with van der Waals surface area (Å²) in [6, 6.07) is 19.4. The van der Waals surface area contributed by atoms with E-state index in [0.29, 0.717) is 17.9 Å². The molecule has 3 atom stereocenters. The van der Waals surface area contributed by atoms with Crippen LogP contribution in [0.25, 0.3) is 10.4 Å². The first-order valence-electron chi connectivity index (χ1n) is 16.8. The number of aliphatic hydroxyl groups is 1. The number of carboxylic acid groups (broad SMARTS) is 1. The molecule has 0 unspecified atom stereocenters. The molecule has 2 amide bonds. The third-order valence-electron chi connectivity index (χ3n) is 8.74. The molecule has 0 radical (unpaired) electrons. The van der Waals surface area contributed by atoms with Crippen LogP contribution in [0.5, 0.6) is 11.5 Å². The Morgan fingerprint density at radius 2 is 1.59 bits per heavy atom. The molecule has 0 aliphatic carbocycles. The molecule has 5 rings (SSSR count). The molecule has 1 aliphatic heterocycles. The van der Waals surface area contributed by atoms with Gasteiger partial charge in [0, 0.05) is 19.4 Å². The highest BCUT2D eigenvalue weighted by Crippen LogP contribution is 2.29. The number of aryl methyl sites for hydroxylation is 2. The van der Waals surface area contributed by atoms with Crippen molar-refractivity contribution in [3.63, 3.8) is 0 Å². The summed E-state index contributed by atoms with van der Waals surface area (Å²) < 4.78 is 11.4. The lowest BCUT2D eigenvalue weighted by Gasteiger charge is -2.35. The zero-order valence-electron chi connectivity index (χ0n) is 29.1. The van der Waals surface area contributed by atoms with E-state index in [0.717, 1.165) is 27.3 Å². The molecule has 3 N–H and O–H groups in total. The molecular formula is C39H43N3O8S. The number of nitrogens with zero attached hydrogens (tertiary/aromatic N) is 2. The number of thiazole rings is 1. The zero-order chi connectivity index (χ0) is 36.7. The number of ketones is 1. The monoisotopic (exact) mass is 713 g/mol. The summed E-state index contributed by atoms with van der Waals surface area (Å²) in [6.45, 7) is 7.34. The van der Waals surface area contributed by atoms with E-state index >= 15 is 0 Å². The van der Waals surface area contributed by atoms with Gasteiger partial charge >= 0.3 is 5.97 Å². The second-order valence-corrected chi connectivity index (χ2v) is 14.6. The number of amides is 2. The van der Waals surface area contributed by atoms with Crippen molar-refractivity contribution >= 4 is 34.9 Å². The van der Waals surface area contributed by atoms with Crippen LogP contribution in [0.2, 0.25) is 0 Å². The molecule has 0 saturated carbocycles. The topological polar surface area (TPSA) is 155 Å². The number of Topliss-reactive ketones (excluding diaryl/α,β-unsaturated/α-hetero) is 1. The van der Waals surface area contributed by atoms with Crippen molar-refractivity contribution in [1.82, 2.24) is 15.2 Å². The number of carbonyl (C=O) groups excluding carboxylic acids is 3. The summed E-state index contributed by atoms with van der Waals surface area (Å²) in [5.74, 6) is -0.995. The second kappa shape index (κ2) is 16.4. The molecule has 12 heteroatoms. The maximum Gasteiger partial charge on any atom is 0.335 e. The van der Waals surface area contributed by atoms with Gasteiger partial charge < -0.3 is 29.9 Å². The van der Waals surface area contributed by atoms with Crippen LogP contribution in [0.15, 0.2) is 78.3 Å². The van der Waals surface area contributed by atoms with Gasteiger partial charge in [-0.1, -0.05) is 57.2 Å². The fourth-order valence-electron chi connectivity index (χ4n) is 5.93. The van der Waals surface area contributed by atoms with Crippen molar-refractivity contribution in [2.45, 2.75) is 71.8 Å². The van der Waals surface area contributed by atoms with Gasteiger partial charge in [-0.25, -0.2) is 9.78 Å². The number of aliphatic hydroxyl groups excluding tert-OH is 1. The van der Waals surface area contributed by atoms with Crippen LogP contribution in [-0.4, -0.2) is 75.0 Å². The van der Waals surface area contributed by atoms with Gasteiger partial charge in [0.1, 0.15) is 24.1 Å². The van der Waals surface area contributed by atoms with Gasteiger partial charge in [0.25, 0.3) is 0 Å². The first kappa shape index (κ1) is 37.3. The number of nitrogens with one attached hydrogen (secondary N) is 1. The maximum atomic E-state index is 13.9. The number of likely N-dealkylation sites (tertiary alicyclic amines) is 1. The lowest BCUT2D eigenvalue weighted by Crippen LogP contribution is -2.57. The van der Waals surface area contributed by atoms with Gasteiger partial charge in [0.05, 0.1) is 40.4 Å². The third-order valence-corrected chi connectivity index (χ3v) is 9.71. The molecule has 1 fully saturated rings. The van der Waals surface area contributed by atoms with Gasteiger partial charge in [-0.3, -0.25) is 14.4 Å². The van der Waals surface area contributed by atoms with Crippen LogP contribution < -0.4 is 10.1 Å². The van der Waals surface area contributed by atoms with Crippen LogP contribution in [0.1, 0.15) is 60.8 Å². The summed E-state index contributed by atoms with van der Waals surface area (Å²) in [4.78, 5) is 58.2. The van der Waals surface area contributed by atoms with Gasteiger partial charge in [0.15, 0.2) is 5.78 Å². The summed E-state index contributed by atoms with van der Waals surface area (Å²) >= 11 is 1.58. The number of carboxylic acids is 1. The molecular weight excluding hydrogens is 671 g/mol. The number of aromatic carboxylic acids is 1. The van der Waals surface area contributed by atoms with Crippen molar-refractivity contribution in [3.8, 4) is 21.9 Å². The molecule has 1 aromatic heterocycles. The number of aromatic nitrogens is 1. The lowest BCUT2D eigenvalue weighted by atomic mass is 9.85. The average Bonchev–Trinajstić information content (AvgIpc) is 3.71. The van der Waals surface area contributed by atoms with Crippen LogP contribution in [0.3, 0.4) is 0 Å². The largest absolute Gasteiger partial charge is 0.478 e. The minimum atomic E-state index is -1.01. The number of rotatable bonds is 14. The van der Waals surface area contributed by atoms with Crippen LogP contribution in [0.4, 0.5) is 0 Å². The minimum absolute atomic E-state index is 0.0183. The summed E-state index contributed by atoms with van der Waals surface area (Å²) in [5, 5.41) is 22.4. The lowest BCUT2D eigenvalue weighted by molar-refractivity contribution is -0.144. The predicted molar refractivity (Wildman–Crippen MR) is 193 cm³/mol. The standard InChI is InChI=1S/C39H43N3O8S/c1-24-35(51-23-40-24)27-10-5-25(6-11-27)9-18-33(44)32-19-29(43)20-42(32)37(46)36(39(2,3)4)41-34(45)22-49-21-26-7-14-30(15-8-26)50-31-16-12-28(13-17-31)38(47)48/h5-8,10-17,23,29,32,36,43H,9,18-22H2,1-4H3,(H,41,45)(H,47,48)/t29-,32+,36-/m1/s1. The molecule has 3 aromatic carbocycles. The molecule has 268 valence electrons. The summed E-state index contributed by atoms with van der Waals surface area (Å²) in [6.07, 6.45) is 0.0412. The first-order chi connectivity index (χ1) is 24.3. The Kier molecular flexibility index (Phi) is 12.0. The number of β-amino-alcohol motifs (C(OH)–C–C–N with tert-alkyl or cyclic N) is 1. The molecule has 1 saturated heterocycles. The van der Waals surface area contributed by atoms with Gasteiger partial charge in [-0.2, -0.15) is 0 Å². The average molecular weight is 714 g/mol. The molecule has 0 bridgehead atoms. The van der Waals surface area contributed by atoms with Crippen molar-refractivity contribution in [2.75, 3.05) is 13.2 Å². The Bertz CT molecular complexity index is 1830. The number of benzene rings is 3. The summed E-state index contributed by atoms with van der Waals surface area (Å²) in [7, 11) is 0. The Labute approximate surface area is 301 Å². The SMILES string of the molecule is Cc1ncsc1-c1ccc(CCC(=O)[C@@H]2C[C@@H](O)CN2C(=O)[C@@H](NC(=O)COCc2ccc(Oc3ccc(C(=O)O)cc3)cc2)C(C)(C)C)cc1. The molecule has 2 heterocycles. The van der Waals surface area contributed by atoms with E-state index in [9.17, 15) is 24.3 Å². The predicted octanol–water partition coefficient (Wildman–Crippen LogP) is 5.82. The van der Waals surface area contributed by atoms with E-state index in [4.69, 9.17) is 14.6 Å². The Balaban J connectivity index is 1.12. The van der Waals surface area contributed by atoms with E-state index in [-0.39, 0.29) is 43.9 Å². The smallest absolute Gasteiger partial charge is 0.335 e. The molecule has 0 spiro atoms. The highest BCUT2D eigenvalue weighted by molar-refractivity contribution is 7.13. The van der Waals surface area contributed by atoms with E-state index in [2.05, 4.69) is 10.3 Å². The third kappa shape index (κ3) is 9.87. The summed E-state index contributed by atoms with van der Waals surface area (Å²) in [5.41, 5.74) is 5.14. The van der Waals surface area contributed by atoms with Gasteiger partial charge in [0.2, 0.25) is 11.8 Å². The Hall–Kier alpha value is -4.91. The van der Waals surface area contributed by atoms with E-state index in [1.54, 1.807) is 47.7 Å². The fourth-order valence-corrected chi connectivity index (χ4v) is 6.74. The second-order valence-electron chi connectivity index (χ2n) is 13.8. The van der Waals surface area contributed by atoms with Crippen LogP contribution >= 0.6 is 11.3 Å². The molecule has 11 nitrogen and oxygen atoms in total. The van der Waals surface area contributed by atoms with Crippen molar-refractivity contribution in [3.05, 3.63) is 101 Å². The fraction of sp³-hybridized carbons (Fsp3) is 0.359. The number of hydrogen-bond donors (Lipinski definition) is 3. The number of hydrogen-bond acceptors (Lipinski definition) is 9. The number of carbonyl (C=O) groups is 4. The molecule has 4 aromatic rings. The highest BCUT2D eigenvalue weighted by atomic mass is 32.1. The van der Waals surface area contributed by atoms with E-state index in [1.807, 2.05) is 57.5 Å². The zero-order valence-corrected chi connectivity index (χ0v) is 29.9. The van der Waals surface area contributed by atoms with E-state index in [1.165, 1.54) is 17.0 Å². The first-order valence-corrected chi connectivity index (χ1v) is 17.6. The maximum absolute atomic E-state index is 13.9. The van der Waals surface area contributed by atoms with Gasteiger partial charge in [-0.05, 0) is 71.8 Å². The normalized spacial score (nSPS) is 16.5.